The summed E-state index contributed by atoms with van der Waals surface area (Å²) in [5.41, 5.74) is 7.71. The van der Waals surface area contributed by atoms with Crippen LogP contribution in [0.1, 0.15) is 54.6 Å². The Labute approximate surface area is 169 Å². The highest BCUT2D eigenvalue weighted by molar-refractivity contribution is 7.18. The van der Waals surface area contributed by atoms with E-state index in [9.17, 15) is 14.7 Å². The zero-order chi connectivity index (χ0) is 19.7. The summed E-state index contributed by atoms with van der Waals surface area (Å²) in [5, 5.41) is 9.84. The fraction of sp³-hybridized carbons (Fsp3) is 0.455. The molecule has 0 radical (unpaired) electrons. The molecule has 28 heavy (non-hydrogen) atoms. The number of hydrogen-bond acceptors (Lipinski definition) is 4. The highest BCUT2D eigenvalue weighted by Gasteiger charge is 2.40. The molecule has 6 heteroatoms. The van der Waals surface area contributed by atoms with E-state index in [1.54, 1.807) is 4.90 Å². The van der Waals surface area contributed by atoms with E-state index >= 15 is 0 Å². The van der Waals surface area contributed by atoms with E-state index in [1.165, 1.54) is 30.6 Å². The van der Waals surface area contributed by atoms with Crippen molar-refractivity contribution in [2.75, 3.05) is 4.90 Å². The minimum atomic E-state index is -0.979. The second-order valence-electron chi connectivity index (χ2n) is 7.93. The molecule has 5 nitrogen and oxygen atoms in total. The molecule has 2 fully saturated rings. The zero-order valence-corrected chi connectivity index (χ0v) is 16.7. The minimum absolute atomic E-state index is 0.00660. The number of carboxylic acids is 1. The number of carbonyl (C=O) groups excluding carboxylic acids is 1. The molecule has 0 spiro atoms. The van der Waals surface area contributed by atoms with Crippen molar-refractivity contribution >= 4 is 28.9 Å². The van der Waals surface area contributed by atoms with E-state index in [4.69, 9.17) is 5.73 Å². The van der Waals surface area contributed by atoms with Gasteiger partial charge in [-0.25, -0.2) is 4.79 Å². The molecule has 1 amide bonds. The topological polar surface area (TPSA) is 83.6 Å². The average molecular weight is 399 g/mol. The van der Waals surface area contributed by atoms with E-state index in [0.717, 1.165) is 29.7 Å². The van der Waals surface area contributed by atoms with Gasteiger partial charge in [0.15, 0.2) is 0 Å². The summed E-state index contributed by atoms with van der Waals surface area (Å²) in [6.45, 7) is 0. The predicted molar refractivity (Wildman–Crippen MR) is 112 cm³/mol. The molecule has 3 N–H and O–H groups in total. The standard InChI is InChI=1S/C22H26N2O3S/c23-16-11-17(14-7-3-1-4-8-14)24(20(25)12-16)18-13-19(28-21(18)22(26)27)15-9-5-2-6-10-15/h2,5-6,9-10,13-14,16-17H,1,3-4,7-8,11-12,23H2,(H,26,27)/t16-,17+/m1/s1. The van der Waals surface area contributed by atoms with Crippen LogP contribution in [-0.2, 0) is 4.79 Å². The summed E-state index contributed by atoms with van der Waals surface area (Å²) < 4.78 is 0. The molecule has 4 rings (SSSR count). The Kier molecular flexibility index (Phi) is 5.51. The summed E-state index contributed by atoms with van der Waals surface area (Å²) in [6, 6.07) is 11.5. The maximum Gasteiger partial charge on any atom is 0.348 e. The van der Waals surface area contributed by atoms with Crippen molar-refractivity contribution < 1.29 is 14.7 Å². The Hall–Kier alpha value is -2.18. The van der Waals surface area contributed by atoms with Gasteiger partial charge in [-0.15, -0.1) is 11.3 Å². The van der Waals surface area contributed by atoms with E-state index in [-0.39, 0.29) is 29.3 Å². The van der Waals surface area contributed by atoms with E-state index < -0.39 is 5.97 Å². The van der Waals surface area contributed by atoms with Crippen LogP contribution in [0.25, 0.3) is 10.4 Å². The van der Waals surface area contributed by atoms with Gasteiger partial charge in [0, 0.05) is 23.4 Å². The first-order valence-corrected chi connectivity index (χ1v) is 10.9. The number of piperidine rings is 1. The first-order chi connectivity index (χ1) is 13.5. The number of amides is 1. The molecule has 0 bridgehead atoms. The fourth-order valence-electron chi connectivity index (χ4n) is 4.70. The van der Waals surface area contributed by atoms with E-state index in [0.29, 0.717) is 11.6 Å². The molecule has 2 heterocycles. The summed E-state index contributed by atoms with van der Waals surface area (Å²) >= 11 is 1.24. The number of carboxylic acid groups (broad SMARTS) is 1. The molecule has 0 unspecified atom stereocenters. The van der Waals surface area contributed by atoms with Crippen molar-refractivity contribution in [2.45, 2.75) is 57.0 Å². The van der Waals surface area contributed by atoms with E-state index in [1.807, 2.05) is 36.4 Å². The fourth-order valence-corrected chi connectivity index (χ4v) is 5.69. The van der Waals surface area contributed by atoms with Gasteiger partial charge in [-0.2, -0.15) is 0 Å². The van der Waals surface area contributed by atoms with Gasteiger partial charge < -0.3 is 15.7 Å². The molecule has 148 valence electrons. The van der Waals surface area contributed by atoms with E-state index in [2.05, 4.69) is 0 Å². The molecule has 1 aromatic heterocycles. The van der Waals surface area contributed by atoms with Crippen LogP contribution in [0.5, 0.6) is 0 Å². The van der Waals surface area contributed by atoms with Gasteiger partial charge in [0.25, 0.3) is 0 Å². The second kappa shape index (κ2) is 8.05. The first-order valence-electron chi connectivity index (χ1n) is 10.0. The number of thiophene rings is 1. The summed E-state index contributed by atoms with van der Waals surface area (Å²) in [4.78, 5) is 27.9. The van der Waals surface area contributed by atoms with Gasteiger partial charge in [0.05, 0.1) is 5.69 Å². The van der Waals surface area contributed by atoms with Gasteiger partial charge in [-0.3, -0.25) is 4.79 Å². The van der Waals surface area contributed by atoms with Crippen molar-refractivity contribution in [3.8, 4) is 10.4 Å². The molecule has 1 saturated heterocycles. The Bertz CT molecular complexity index is 858. The predicted octanol–water partition coefficient (Wildman–Crippen LogP) is 4.52. The van der Waals surface area contributed by atoms with Gasteiger partial charge in [0.2, 0.25) is 5.91 Å². The van der Waals surface area contributed by atoms with Crippen molar-refractivity contribution in [1.29, 1.82) is 0 Å². The largest absolute Gasteiger partial charge is 0.477 e. The Balaban J connectivity index is 1.76. The number of rotatable bonds is 4. The van der Waals surface area contributed by atoms with Crippen LogP contribution in [0.2, 0.25) is 0 Å². The maximum absolute atomic E-state index is 13.0. The quantitative estimate of drug-likeness (QED) is 0.793. The molecule has 1 aromatic carbocycles. The van der Waals surface area contributed by atoms with Crippen LogP contribution >= 0.6 is 11.3 Å². The summed E-state index contributed by atoms with van der Waals surface area (Å²) in [7, 11) is 0. The Morgan fingerprint density at radius 3 is 2.54 bits per heavy atom. The molecule has 2 aromatic rings. The molecular weight excluding hydrogens is 372 g/mol. The summed E-state index contributed by atoms with van der Waals surface area (Å²) in [6.07, 6.45) is 6.76. The van der Waals surface area contributed by atoms with Crippen LogP contribution in [0, 0.1) is 5.92 Å². The van der Waals surface area contributed by atoms with Crippen molar-refractivity contribution in [1.82, 2.24) is 0 Å². The second-order valence-corrected chi connectivity index (χ2v) is 8.98. The third kappa shape index (κ3) is 3.71. The number of nitrogens with two attached hydrogens (primary N) is 1. The Morgan fingerprint density at radius 1 is 1.14 bits per heavy atom. The Morgan fingerprint density at radius 2 is 1.86 bits per heavy atom. The van der Waals surface area contributed by atoms with Gasteiger partial charge in [-0.05, 0) is 36.8 Å². The summed E-state index contributed by atoms with van der Waals surface area (Å²) in [5.74, 6) is -0.632. The van der Waals surface area contributed by atoms with Gasteiger partial charge in [0.1, 0.15) is 4.88 Å². The highest BCUT2D eigenvalue weighted by atomic mass is 32.1. The lowest BCUT2D eigenvalue weighted by Gasteiger charge is -2.43. The number of anilines is 1. The van der Waals surface area contributed by atoms with Crippen LogP contribution in [0.4, 0.5) is 5.69 Å². The zero-order valence-electron chi connectivity index (χ0n) is 15.8. The lowest BCUT2D eigenvalue weighted by Crippen LogP contribution is -2.54. The number of nitrogens with zero attached hydrogens (tertiary/aromatic N) is 1. The van der Waals surface area contributed by atoms with Gasteiger partial charge in [-0.1, -0.05) is 49.6 Å². The van der Waals surface area contributed by atoms with Crippen LogP contribution < -0.4 is 10.6 Å². The highest BCUT2D eigenvalue weighted by Crippen LogP contribution is 2.42. The molecule has 2 aliphatic rings. The lowest BCUT2D eigenvalue weighted by molar-refractivity contribution is -0.121. The average Bonchev–Trinajstić information content (AvgIpc) is 3.14. The first kappa shape index (κ1) is 19.2. The number of benzene rings is 1. The van der Waals surface area contributed by atoms with Crippen LogP contribution in [0.15, 0.2) is 36.4 Å². The van der Waals surface area contributed by atoms with Crippen LogP contribution in [-0.4, -0.2) is 29.1 Å². The van der Waals surface area contributed by atoms with Crippen molar-refractivity contribution in [3.63, 3.8) is 0 Å². The lowest BCUT2D eigenvalue weighted by atomic mass is 9.78. The van der Waals surface area contributed by atoms with Crippen LogP contribution in [0.3, 0.4) is 0 Å². The number of carbonyl (C=O) groups is 2. The van der Waals surface area contributed by atoms with Gasteiger partial charge >= 0.3 is 5.97 Å². The maximum atomic E-state index is 13.0. The smallest absolute Gasteiger partial charge is 0.348 e. The normalized spacial score (nSPS) is 23.8. The number of hydrogen-bond donors (Lipinski definition) is 2. The molecule has 1 aliphatic heterocycles. The monoisotopic (exact) mass is 398 g/mol. The molecule has 1 saturated carbocycles. The molecular formula is C22H26N2O3S. The third-order valence-corrected chi connectivity index (χ3v) is 7.16. The SMILES string of the molecule is N[C@H]1CC(=O)N(c2cc(-c3ccccc3)sc2C(=O)O)[C@H](C2CCCCC2)C1. The molecule has 2 atom stereocenters. The number of aromatic carboxylic acids is 1. The van der Waals surface area contributed by atoms with Crippen molar-refractivity contribution in [2.24, 2.45) is 11.7 Å². The minimum Gasteiger partial charge on any atom is -0.477 e. The third-order valence-electron chi connectivity index (χ3n) is 6.00. The van der Waals surface area contributed by atoms with Crippen molar-refractivity contribution in [3.05, 3.63) is 41.3 Å². The molecule has 1 aliphatic carbocycles.